The Bertz CT molecular complexity index is 297. The molecule has 0 saturated carbocycles. The molecule has 0 amide bonds. The van der Waals surface area contributed by atoms with Gasteiger partial charge < -0.3 is 5.11 Å². The zero-order valence-corrected chi connectivity index (χ0v) is 8.46. The highest BCUT2D eigenvalue weighted by Crippen LogP contribution is 2.09. The van der Waals surface area contributed by atoms with Crippen molar-refractivity contribution in [1.29, 1.82) is 0 Å². The van der Waals surface area contributed by atoms with E-state index in [1.54, 1.807) is 0 Å². The third kappa shape index (κ3) is 2.04. The lowest BCUT2D eigenvalue weighted by molar-refractivity contribution is 0.274. The molecule has 3 nitrogen and oxygen atoms in total. The molecule has 1 rings (SSSR count). The van der Waals surface area contributed by atoms with E-state index in [9.17, 15) is 0 Å². The number of nitrogens with zero attached hydrogens (tertiary/aromatic N) is 2. The van der Waals surface area contributed by atoms with Crippen LogP contribution in [-0.2, 0) is 19.4 Å². The Morgan fingerprint density at radius 2 is 1.62 bits per heavy atom. The number of hydrogen-bond acceptors (Lipinski definition) is 3. The second-order valence-corrected chi connectivity index (χ2v) is 3.01. The molecule has 1 aromatic heterocycles. The summed E-state index contributed by atoms with van der Waals surface area (Å²) in [6.45, 7) is 6.01. The maximum absolute atomic E-state index is 9.04. The Balaban J connectivity index is 3.18. The van der Waals surface area contributed by atoms with Crippen LogP contribution in [0.2, 0.25) is 0 Å². The minimum atomic E-state index is -0.0129. The Morgan fingerprint density at radius 3 is 2.08 bits per heavy atom. The first-order valence-electron chi connectivity index (χ1n) is 4.69. The van der Waals surface area contributed by atoms with Crippen LogP contribution in [0.5, 0.6) is 0 Å². The SMILES string of the molecule is CCc1nc(CC)c(CO)nc1C. The average Bonchev–Trinajstić information content (AvgIpc) is 2.17. The standard InChI is InChI=1S/C10H16N2O/c1-4-8-7(3)11-10(6-13)9(5-2)12-8/h13H,4-6H2,1-3H3. The summed E-state index contributed by atoms with van der Waals surface area (Å²) in [5, 5.41) is 9.04. The molecule has 1 heterocycles. The van der Waals surface area contributed by atoms with Crippen LogP contribution >= 0.6 is 0 Å². The summed E-state index contributed by atoms with van der Waals surface area (Å²) >= 11 is 0. The van der Waals surface area contributed by atoms with E-state index in [1.165, 1.54) is 0 Å². The highest BCUT2D eigenvalue weighted by molar-refractivity contribution is 5.19. The topological polar surface area (TPSA) is 46.0 Å². The lowest BCUT2D eigenvalue weighted by Gasteiger charge is -2.08. The van der Waals surface area contributed by atoms with E-state index in [0.717, 1.165) is 35.6 Å². The van der Waals surface area contributed by atoms with Crippen molar-refractivity contribution in [1.82, 2.24) is 9.97 Å². The van der Waals surface area contributed by atoms with Crippen LogP contribution in [-0.4, -0.2) is 15.1 Å². The van der Waals surface area contributed by atoms with E-state index in [1.807, 2.05) is 13.8 Å². The monoisotopic (exact) mass is 180 g/mol. The lowest BCUT2D eigenvalue weighted by atomic mass is 10.2. The molecule has 0 fully saturated rings. The molecule has 72 valence electrons. The molecule has 0 bridgehead atoms. The largest absolute Gasteiger partial charge is 0.390 e. The summed E-state index contributed by atoms with van der Waals surface area (Å²) in [7, 11) is 0. The summed E-state index contributed by atoms with van der Waals surface area (Å²) in [5.74, 6) is 0. The minimum absolute atomic E-state index is 0.0129. The van der Waals surface area contributed by atoms with Crippen molar-refractivity contribution in [2.24, 2.45) is 0 Å². The van der Waals surface area contributed by atoms with Gasteiger partial charge in [-0.25, -0.2) is 0 Å². The van der Waals surface area contributed by atoms with Gasteiger partial charge in [0.1, 0.15) is 0 Å². The molecule has 0 aromatic carbocycles. The van der Waals surface area contributed by atoms with E-state index in [-0.39, 0.29) is 6.61 Å². The van der Waals surface area contributed by atoms with Gasteiger partial charge in [-0.15, -0.1) is 0 Å². The highest BCUT2D eigenvalue weighted by Gasteiger charge is 2.07. The van der Waals surface area contributed by atoms with Gasteiger partial charge >= 0.3 is 0 Å². The number of aryl methyl sites for hydroxylation is 3. The molecule has 3 heteroatoms. The predicted octanol–water partition coefficient (Wildman–Crippen LogP) is 1.40. The number of aliphatic hydroxyl groups is 1. The minimum Gasteiger partial charge on any atom is -0.390 e. The van der Waals surface area contributed by atoms with Crippen molar-refractivity contribution < 1.29 is 5.11 Å². The molecule has 0 atom stereocenters. The van der Waals surface area contributed by atoms with Crippen LogP contribution < -0.4 is 0 Å². The Hall–Kier alpha value is -0.960. The first-order valence-corrected chi connectivity index (χ1v) is 4.69. The van der Waals surface area contributed by atoms with Crippen LogP contribution in [0, 0.1) is 6.92 Å². The van der Waals surface area contributed by atoms with Crippen molar-refractivity contribution in [2.75, 3.05) is 0 Å². The number of aromatic nitrogens is 2. The van der Waals surface area contributed by atoms with Crippen molar-refractivity contribution in [3.05, 3.63) is 22.8 Å². The van der Waals surface area contributed by atoms with E-state index in [2.05, 4.69) is 16.9 Å². The fourth-order valence-corrected chi connectivity index (χ4v) is 1.38. The summed E-state index contributed by atoms with van der Waals surface area (Å²) in [5.41, 5.74) is 3.61. The Labute approximate surface area is 78.9 Å². The second-order valence-electron chi connectivity index (χ2n) is 3.01. The normalized spacial score (nSPS) is 10.5. The maximum Gasteiger partial charge on any atom is 0.0876 e. The summed E-state index contributed by atoms with van der Waals surface area (Å²) in [6.07, 6.45) is 1.73. The number of rotatable bonds is 3. The number of aliphatic hydroxyl groups excluding tert-OH is 1. The van der Waals surface area contributed by atoms with E-state index >= 15 is 0 Å². The van der Waals surface area contributed by atoms with Crippen molar-refractivity contribution in [2.45, 2.75) is 40.2 Å². The highest BCUT2D eigenvalue weighted by atomic mass is 16.3. The van der Waals surface area contributed by atoms with Gasteiger partial charge in [-0.2, -0.15) is 0 Å². The molecule has 1 aromatic rings. The average molecular weight is 180 g/mol. The first kappa shape index (κ1) is 10.1. The molecular formula is C10H16N2O. The van der Waals surface area contributed by atoms with Gasteiger partial charge in [0.05, 0.1) is 29.4 Å². The predicted molar refractivity (Wildman–Crippen MR) is 51.4 cm³/mol. The lowest BCUT2D eigenvalue weighted by Crippen LogP contribution is -2.06. The van der Waals surface area contributed by atoms with E-state index in [0.29, 0.717) is 0 Å². The fourth-order valence-electron chi connectivity index (χ4n) is 1.38. The Kier molecular flexibility index (Phi) is 3.37. The van der Waals surface area contributed by atoms with Gasteiger partial charge in [0.15, 0.2) is 0 Å². The second kappa shape index (κ2) is 4.33. The smallest absolute Gasteiger partial charge is 0.0876 e. The van der Waals surface area contributed by atoms with Gasteiger partial charge in [-0.3, -0.25) is 9.97 Å². The van der Waals surface area contributed by atoms with Gasteiger partial charge in [0.2, 0.25) is 0 Å². The van der Waals surface area contributed by atoms with Crippen molar-refractivity contribution in [3.63, 3.8) is 0 Å². The summed E-state index contributed by atoms with van der Waals surface area (Å²) < 4.78 is 0. The van der Waals surface area contributed by atoms with Gasteiger partial charge in [0, 0.05) is 0 Å². The molecule has 0 unspecified atom stereocenters. The molecule has 0 aliphatic carbocycles. The molecule has 0 spiro atoms. The van der Waals surface area contributed by atoms with Gasteiger partial charge in [-0.05, 0) is 19.8 Å². The third-order valence-corrected chi connectivity index (χ3v) is 2.14. The molecule has 13 heavy (non-hydrogen) atoms. The molecule has 0 saturated heterocycles. The molecule has 0 aliphatic rings. The zero-order valence-electron chi connectivity index (χ0n) is 8.46. The van der Waals surface area contributed by atoms with Crippen LogP contribution in [0.3, 0.4) is 0 Å². The van der Waals surface area contributed by atoms with Crippen LogP contribution in [0.4, 0.5) is 0 Å². The van der Waals surface area contributed by atoms with Gasteiger partial charge in [0.25, 0.3) is 0 Å². The van der Waals surface area contributed by atoms with Crippen LogP contribution in [0.25, 0.3) is 0 Å². The first-order chi connectivity index (χ1) is 6.22. The molecular weight excluding hydrogens is 164 g/mol. The summed E-state index contributed by atoms with van der Waals surface area (Å²) in [6, 6.07) is 0. The molecule has 1 N–H and O–H groups in total. The van der Waals surface area contributed by atoms with Crippen LogP contribution in [0.1, 0.15) is 36.6 Å². The van der Waals surface area contributed by atoms with E-state index < -0.39 is 0 Å². The maximum atomic E-state index is 9.04. The quantitative estimate of drug-likeness (QED) is 0.764. The Morgan fingerprint density at radius 1 is 1.00 bits per heavy atom. The van der Waals surface area contributed by atoms with Crippen molar-refractivity contribution in [3.8, 4) is 0 Å². The molecule has 0 radical (unpaired) electrons. The van der Waals surface area contributed by atoms with E-state index in [4.69, 9.17) is 5.11 Å². The third-order valence-electron chi connectivity index (χ3n) is 2.14. The van der Waals surface area contributed by atoms with Crippen molar-refractivity contribution >= 4 is 0 Å². The number of hydrogen-bond donors (Lipinski definition) is 1. The molecule has 0 aliphatic heterocycles. The van der Waals surface area contributed by atoms with Crippen LogP contribution in [0.15, 0.2) is 0 Å². The van der Waals surface area contributed by atoms with Gasteiger partial charge in [-0.1, -0.05) is 13.8 Å². The zero-order chi connectivity index (χ0) is 9.84. The summed E-state index contributed by atoms with van der Waals surface area (Å²) in [4.78, 5) is 8.78. The fraction of sp³-hybridized carbons (Fsp3) is 0.600.